The number of fused-ring (bicyclic) bond motifs is 3. The molecule has 1 fully saturated rings. The Morgan fingerprint density at radius 1 is 0.939 bits per heavy atom. The van der Waals surface area contributed by atoms with Crippen LogP contribution in [0, 0.1) is 0 Å². The van der Waals surface area contributed by atoms with Crippen LogP contribution in [0.15, 0.2) is 58.2 Å². The van der Waals surface area contributed by atoms with Crippen LogP contribution in [0.25, 0.3) is 6.08 Å². The molecule has 2 aromatic carbocycles. The quantitative estimate of drug-likeness (QED) is 0.650. The smallest absolute Gasteiger partial charge is 0.239 e. The van der Waals surface area contributed by atoms with Gasteiger partial charge in [-0.3, -0.25) is 9.69 Å². The second-order valence-corrected chi connectivity index (χ2v) is 9.41. The van der Waals surface area contributed by atoms with Crippen molar-refractivity contribution < 1.29 is 23.7 Å². The average Bonchev–Trinajstić information content (AvgIpc) is 3.57. The lowest BCUT2D eigenvalue weighted by Gasteiger charge is -2.37. The standard InChI is InChI=1S/C25H20N2O5S/c28-22-11-33-25-26-23-15(8-14-4-6-18-20(9-14)31-12-29-18)2-1-3-17(23)24(27(22)25)16-5-7-19-21(10-16)32-13-30-19/h4-10,24H,1-3,11-13H2/b15-8+. The summed E-state index contributed by atoms with van der Waals surface area (Å²) in [6.45, 7) is 0.488. The van der Waals surface area contributed by atoms with E-state index in [2.05, 4.69) is 6.08 Å². The van der Waals surface area contributed by atoms with E-state index in [1.54, 1.807) is 0 Å². The largest absolute Gasteiger partial charge is 0.454 e. The van der Waals surface area contributed by atoms with Crippen molar-refractivity contribution in [1.29, 1.82) is 0 Å². The van der Waals surface area contributed by atoms with Crippen molar-refractivity contribution in [3.05, 3.63) is 64.4 Å². The highest BCUT2D eigenvalue weighted by atomic mass is 32.2. The lowest BCUT2D eigenvalue weighted by molar-refractivity contribution is -0.125. The molecule has 2 aromatic rings. The lowest BCUT2D eigenvalue weighted by atomic mass is 9.83. The highest BCUT2D eigenvalue weighted by Crippen LogP contribution is 2.49. The van der Waals surface area contributed by atoms with Crippen LogP contribution in [0.5, 0.6) is 23.0 Å². The molecular weight excluding hydrogens is 440 g/mol. The van der Waals surface area contributed by atoms with E-state index in [-0.39, 0.29) is 25.5 Å². The van der Waals surface area contributed by atoms with Crippen LogP contribution >= 0.6 is 11.8 Å². The molecule has 1 saturated heterocycles. The molecule has 0 saturated carbocycles. The summed E-state index contributed by atoms with van der Waals surface area (Å²) in [5, 5.41) is 0.778. The number of ether oxygens (including phenoxy) is 4. The van der Waals surface area contributed by atoms with E-state index in [1.807, 2.05) is 41.3 Å². The molecule has 1 aliphatic carbocycles. The maximum Gasteiger partial charge on any atom is 0.239 e. The van der Waals surface area contributed by atoms with Crippen LogP contribution in [0.3, 0.4) is 0 Å². The van der Waals surface area contributed by atoms with Gasteiger partial charge in [-0.25, -0.2) is 4.99 Å². The summed E-state index contributed by atoms with van der Waals surface area (Å²) >= 11 is 1.51. The average molecular weight is 461 g/mol. The van der Waals surface area contributed by atoms with E-state index < -0.39 is 0 Å². The van der Waals surface area contributed by atoms with Crippen molar-refractivity contribution in [2.24, 2.45) is 4.99 Å². The first-order valence-electron chi connectivity index (χ1n) is 11.0. The molecule has 4 heterocycles. The van der Waals surface area contributed by atoms with Gasteiger partial charge in [-0.15, -0.1) is 0 Å². The third kappa shape index (κ3) is 3.04. The number of rotatable bonds is 2. The Kier molecular flexibility index (Phi) is 4.24. The van der Waals surface area contributed by atoms with E-state index in [4.69, 9.17) is 23.9 Å². The van der Waals surface area contributed by atoms with Gasteiger partial charge in [-0.1, -0.05) is 23.9 Å². The molecule has 0 spiro atoms. The normalized spacial score (nSPS) is 23.7. The molecule has 7 rings (SSSR count). The Labute approximate surface area is 194 Å². The zero-order chi connectivity index (χ0) is 21.9. The summed E-state index contributed by atoms with van der Waals surface area (Å²) in [5.74, 6) is 3.53. The summed E-state index contributed by atoms with van der Waals surface area (Å²) < 4.78 is 22.1. The third-order valence-electron chi connectivity index (χ3n) is 6.55. The van der Waals surface area contributed by atoms with Gasteiger partial charge in [-0.05, 0) is 71.9 Å². The van der Waals surface area contributed by atoms with Crippen molar-refractivity contribution in [2.75, 3.05) is 19.3 Å². The van der Waals surface area contributed by atoms with E-state index >= 15 is 0 Å². The summed E-state index contributed by atoms with van der Waals surface area (Å²) in [7, 11) is 0. The van der Waals surface area contributed by atoms with Crippen molar-refractivity contribution in [3.63, 3.8) is 0 Å². The zero-order valence-corrected chi connectivity index (χ0v) is 18.5. The van der Waals surface area contributed by atoms with E-state index in [9.17, 15) is 4.79 Å². The predicted molar refractivity (Wildman–Crippen MR) is 123 cm³/mol. The van der Waals surface area contributed by atoms with Crippen molar-refractivity contribution in [2.45, 2.75) is 25.3 Å². The van der Waals surface area contributed by atoms with Gasteiger partial charge < -0.3 is 18.9 Å². The Balaban J connectivity index is 1.35. The lowest BCUT2D eigenvalue weighted by Crippen LogP contribution is -2.38. The van der Waals surface area contributed by atoms with E-state index in [1.165, 1.54) is 22.9 Å². The summed E-state index contributed by atoms with van der Waals surface area (Å²) in [6, 6.07) is 11.8. The second kappa shape index (κ2) is 7.31. The number of hydrogen-bond acceptors (Lipinski definition) is 7. The number of carbonyl (C=O) groups excluding carboxylic acids is 1. The monoisotopic (exact) mass is 460 g/mol. The highest BCUT2D eigenvalue weighted by molar-refractivity contribution is 8.15. The van der Waals surface area contributed by atoms with Gasteiger partial charge in [0.05, 0.1) is 17.5 Å². The minimum absolute atomic E-state index is 0.0971. The number of allylic oxidation sites excluding steroid dienone is 1. The molecule has 0 aromatic heterocycles. The topological polar surface area (TPSA) is 69.6 Å². The van der Waals surface area contributed by atoms with Gasteiger partial charge in [0.1, 0.15) is 0 Å². The fourth-order valence-electron chi connectivity index (χ4n) is 5.06. The fraction of sp³-hybridized carbons (Fsp3) is 0.280. The molecule has 4 aliphatic heterocycles. The number of amides is 1. The highest BCUT2D eigenvalue weighted by Gasteiger charge is 2.42. The van der Waals surface area contributed by atoms with Crippen molar-refractivity contribution in [1.82, 2.24) is 4.90 Å². The van der Waals surface area contributed by atoms with E-state index in [0.717, 1.165) is 64.3 Å². The van der Waals surface area contributed by atoms with Crippen LogP contribution in [-0.4, -0.2) is 35.3 Å². The van der Waals surface area contributed by atoms with Crippen LogP contribution in [0.2, 0.25) is 0 Å². The summed E-state index contributed by atoms with van der Waals surface area (Å²) in [5.41, 5.74) is 5.47. The molecule has 7 nitrogen and oxygen atoms in total. The number of nitrogens with zero attached hydrogens (tertiary/aromatic N) is 2. The van der Waals surface area contributed by atoms with Gasteiger partial charge in [0.15, 0.2) is 28.2 Å². The van der Waals surface area contributed by atoms with Crippen molar-refractivity contribution in [3.8, 4) is 23.0 Å². The molecule has 0 N–H and O–H groups in total. The molecule has 1 atom stereocenters. The molecule has 0 bridgehead atoms. The molecular formula is C25H20N2O5S. The molecule has 8 heteroatoms. The van der Waals surface area contributed by atoms with Crippen LogP contribution < -0.4 is 18.9 Å². The Morgan fingerprint density at radius 2 is 1.70 bits per heavy atom. The first-order valence-corrected chi connectivity index (χ1v) is 12.0. The SMILES string of the molecule is O=C1CSC2=NC3=C(CCC/C3=C\c3ccc4c(c3)OCO4)C(c3ccc4c(c3)OCO4)N12. The second-order valence-electron chi connectivity index (χ2n) is 8.47. The van der Waals surface area contributed by atoms with Gasteiger partial charge in [0.25, 0.3) is 0 Å². The number of hydrogen-bond donors (Lipinski definition) is 0. The molecule has 1 amide bonds. The van der Waals surface area contributed by atoms with Crippen LogP contribution in [0.1, 0.15) is 36.4 Å². The van der Waals surface area contributed by atoms with E-state index in [0.29, 0.717) is 5.75 Å². The molecule has 166 valence electrons. The molecule has 33 heavy (non-hydrogen) atoms. The first kappa shape index (κ1) is 19.1. The Bertz CT molecular complexity index is 1300. The minimum Gasteiger partial charge on any atom is -0.454 e. The van der Waals surface area contributed by atoms with Crippen molar-refractivity contribution >= 4 is 28.9 Å². The molecule has 1 unspecified atom stereocenters. The number of carbonyl (C=O) groups is 1. The van der Waals surface area contributed by atoms with Gasteiger partial charge in [0.2, 0.25) is 19.5 Å². The maximum atomic E-state index is 12.9. The van der Waals surface area contributed by atoms with Gasteiger partial charge >= 0.3 is 0 Å². The van der Waals surface area contributed by atoms with Crippen LogP contribution in [0.4, 0.5) is 0 Å². The Hall–Kier alpha value is -3.39. The number of benzene rings is 2. The predicted octanol–water partition coefficient (Wildman–Crippen LogP) is 4.65. The number of aliphatic imine (C=N–C) groups is 1. The molecule has 0 radical (unpaired) electrons. The number of amidine groups is 1. The first-order chi connectivity index (χ1) is 16.2. The zero-order valence-electron chi connectivity index (χ0n) is 17.7. The minimum atomic E-state index is -0.176. The summed E-state index contributed by atoms with van der Waals surface area (Å²) in [6.07, 6.45) is 5.04. The maximum absolute atomic E-state index is 12.9. The van der Waals surface area contributed by atoms with Gasteiger partial charge in [0, 0.05) is 0 Å². The number of thioether (sulfide) groups is 1. The Morgan fingerprint density at radius 3 is 2.55 bits per heavy atom. The van der Waals surface area contributed by atoms with Gasteiger partial charge in [-0.2, -0.15) is 0 Å². The molecule has 5 aliphatic rings. The third-order valence-corrected chi connectivity index (χ3v) is 7.48. The fourth-order valence-corrected chi connectivity index (χ4v) is 5.96. The summed E-state index contributed by atoms with van der Waals surface area (Å²) in [4.78, 5) is 19.8. The van der Waals surface area contributed by atoms with Crippen LogP contribution in [-0.2, 0) is 4.79 Å².